The zero-order valence-electron chi connectivity index (χ0n) is 16.9. The number of hydrogen-bond donors (Lipinski definition) is 0. The molecule has 5 heteroatoms. The number of nitrogens with zero attached hydrogens (tertiary/aromatic N) is 3. The maximum absolute atomic E-state index is 6.38. The van der Waals surface area contributed by atoms with Gasteiger partial charge in [-0.15, -0.1) is 0 Å². The van der Waals surface area contributed by atoms with Crippen molar-refractivity contribution in [1.82, 2.24) is 14.7 Å². The summed E-state index contributed by atoms with van der Waals surface area (Å²) in [6, 6.07) is 15.0. The average molecular weight is 370 g/mol. The van der Waals surface area contributed by atoms with Crippen molar-refractivity contribution in [2.24, 2.45) is 0 Å². The molecule has 2 rings (SSSR count). The molecular weight excluding hydrogens is 338 g/mol. The normalized spacial score (nSPS) is 11.6. The van der Waals surface area contributed by atoms with E-state index in [9.17, 15) is 0 Å². The fraction of sp³-hybridized carbons (Fsp3) is 0.429. The van der Waals surface area contributed by atoms with Gasteiger partial charge in [-0.05, 0) is 65.2 Å². The predicted molar refractivity (Wildman–Crippen MR) is 111 cm³/mol. The molecule has 140 valence electrons. The topological polar surface area (TPSA) is 19.0 Å². The highest BCUT2D eigenvalue weighted by Crippen LogP contribution is 2.28. The standard InChI is InChI=1S/C21H31N3OSi/c1-22(2)14-17-12-18(15-23(3)4)21(19(13-17)16-24(5)6)25-26-20-10-8-7-9-11-20/h7-13H,14-16H2,1-6H3. The molecule has 0 bridgehead atoms. The van der Waals surface area contributed by atoms with Crippen LogP contribution in [0, 0.1) is 0 Å². The van der Waals surface area contributed by atoms with Gasteiger partial charge in [-0.25, -0.2) is 0 Å². The lowest BCUT2D eigenvalue weighted by molar-refractivity contribution is 0.379. The minimum absolute atomic E-state index is 0.313. The van der Waals surface area contributed by atoms with Crippen LogP contribution in [-0.4, -0.2) is 66.7 Å². The summed E-state index contributed by atoms with van der Waals surface area (Å²) in [5, 5.41) is 1.22. The molecule has 0 unspecified atom stereocenters. The van der Waals surface area contributed by atoms with E-state index in [0.29, 0.717) is 9.76 Å². The molecule has 2 aromatic carbocycles. The Balaban J connectivity index is 2.38. The van der Waals surface area contributed by atoms with Crippen LogP contribution in [0.15, 0.2) is 42.5 Å². The van der Waals surface area contributed by atoms with Crippen LogP contribution in [0.25, 0.3) is 0 Å². The highest BCUT2D eigenvalue weighted by atomic mass is 28.2. The van der Waals surface area contributed by atoms with Crippen molar-refractivity contribution in [3.05, 3.63) is 59.2 Å². The third-order valence-electron chi connectivity index (χ3n) is 3.82. The molecule has 2 radical (unpaired) electrons. The minimum atomic E-state index is 0.313. The first-order valence-electron chi connectivity index (χ1n) is 8.92. The highest BCUT2D eigenvalue weighted by Gasteiger charge is 2.15. The molecule has 0 saturated heterocycles. The SMILES string of the molecule is CN(C)Cc1cc(CN(C)C)c(O[Si]c2ccccc2)c(CN(C)C)c1. The van der Waals surface area contributed by atoms with Gasteiger partial charge < -0.3 is 19.1 Å². The Labute approximate surface area is 161 Å². The summed E-state index contributed by atoms with van der Waals surface area (Å²) < 4.78 is 6.38. The molecule has 0 N–H and O–H groups in total. The molecule has 0 aliphatic carbocycles. The second-order valence-corrected chi connectivity index (χ2v) is 8.51. The molecule has 0 aliphatic rings. The summed E-state index contributed by atoms with van der Waals surface area (Å²) >= 11 is 0. The molecule has 0 amide bonds. The summed E-state index contributed by atoms with van der Waals surface area (Å²) in [5.41, 5.74) is 3.85. The van der Waals surface area contributed by atoms with Gasteiger partial charge in [-0.2, -0.15) is 0 Å². The van der Waals surface area contributed by atoms with Crippen molar-refractivity contribution in [3.63, 3.8) is 0 Å². The van der Waals surface area contributed by atoms with Crippen LogP contribution in [0.3, 0.4) is 0 Å². The van der Waals surface area contributed by atoms with E-state index in [-0.39, 0.29) is 0 Å². The first-order valence-corrected chi connectivity index (χ1v) is 9.82. The summed E-state index contributed by atoms with van der Waals surface area (Å²) in [5.74, 6) is 1.04. The van der Waals surface area contributed by atoms with Crippen LogP contribution in [0.5, 0.6) is 5.75 Å². The molecule has 0 heterocycles. The average Bonchev–Trinajstić information content (AvgIpc) is 2.53. The van der Waals surface area contributed by atoms with Crippen LogP contribution in [0.2, 0.25) is 0 Å². The molecular formula is C21H31N3OSi. The number of hydrogen-bond acceptors (Lipinski definition) is 4. The monoisotopic (exact) mass is 369 g/mol. The molecule has 2 aromatic rings. The first-order chi connectivity index (χ1) is 12.3. The lowest BCUT2D eigenvalue weighted by atomic mass is 10.0. The van der Waals surface area contributed by atoms with Crippen LogP contribution in [0.4, 0.5) is 0 Å². The van der Waals surface area contributed by atoms with Crippen molar-refractivity contribution in [3.8, 4) is 5.75 Å². The molecule has 0 spiro atoms. The van der Waals surface area contributed by atoms with E-state index in [1.807, 2.05) is 6.07 Å². The summed E-state index contributed by atoms with van der Waals surface area (Å²) in [6.45, 7) is 2.68. The van der Waals surface area contributed by atoms with Crippen LogP contribution in [-0.2, 0) is 19.6 Å². The van der Waals surface area contributed by atoms with Crippen molar-refractivity contribution in [2.45, 2.75) is 19.6 Å². The van der Waals surface area contributed by atoms with Crippen molar-refractivity contribution in [1.29, 1.82) is 0 Å². The minimum Gasteiger partial charge on any atom is -0.535 e. The van der Waals surface area contributed by atoms with E-state index in [1.165, 1.54) is 21.9 Å². The summed E-state index contributed by atoms with van der Waals surface area (Å²) in [7, 11) is 13.0. The van der Waals surface area contributed by atoms with E-state index in [4.69, 9.17) is 4.43 Å². The fourth-order valence-electron chi connectivity index (χ4n) is 2.95. The van der Waals surface area contributed by atoms with Gasteiger partial charge in [0, 0.05) is 30.8 Å². The second kappa shape index (κ2) is 9.88. The molecule has 26 heavy (non-hydrogen) atoms. The van der Waals surface area contributed by atoms with Gasteiger partial charge in [0.1, 0.15) is 5.75 Å². The first kappa shape index (κ1) is 20.6. The van der Waals surface area contributed by atoms with E-state index >= 15 is 0 Å². The molecule has 0 aromatic heterocycles. The third kappa shape index (κ3) is 6.57. The van der Waals surface area contributed by atoms with E-state index in [0.717, 1.165) is 25.4 Å². The Morgan fingerprint density at radius 1 is 0.731 bits per heavy atom. The lowest BCUT2D eigenvalue weighted by Crippen LogP contribution is -2.23. The van der Waals surface area contributed by atoms with Crippen molar-refractivity contribution < 1.29 is 4.43 Å². The number of rotatable bonds is 9. The van der Waals surface area contributed by atoms with Crippen LogP contribution < -0.4 is 9.61 Å². The Hall–Kier alpha value is -1.66. The Morgan fingerprint density at radius 2 is 1.23 bits per heavy atom. The molecule has 4 nitrogen and oxygen atoms in total. The number of benzene rings is 2. The molecule has 0 saturated carbocycles. The largest absolute Gasteiger partial charge is 0.535 e. The van der Waals surface area contributed by atoms with Gasteiger partial charge in [0.05, 0.1) is 0 Å². The molecule has 0 aliphatic heterocycles. The molecule has 0 atom stereocenters. The van der Waals surface area contributed by atoms with Gasteiger partial charge in [0.15, 0.2) is 0 Å². The summed E-state index contributed by atoms with van der Waals surface area (Å²) in [6.07, 6.45) is 0. The smallest absolute Gasteiger partial charge is 0.351 e. The zero-order chi connectivity index (χ0) is 19.1. The maximum Gasteiger partial charge on any atom is 0.351 e. The van der Waals surface area contributed by atoms with Crippen LogP contribution in [0.1, 0.15) is 16.7 Å². The van der Waals surface area contributed by atoms with Crippen molar-refractivity contribution in [2.75, 3.05) is 42.3 Å². The lowest BCUT2D eigenvalue weighted by Gasteiger charge is -2.22. The predicted octanol–water partition coefficient (Wildman–Crippen LogP) is 2.19. The maximum atomic E-state index is 6.38. The van der Waals surface area contributed by atoms with E-state index in [2.05, 4.69) is 93.4 Å². The van der Waals surface area contributed by atoms with Gasteiger partial charge in [0.25, 0.3) is 0 Å². The Morgan fingerprint density at radius 3 is 1.69 bits per heavy atom. The van der Waals surface area contributed by atoms with Gasteiger partial charge in [-0.1, -0.05) is 30.3 Å². The molecule has 0 fully saturated rings. The fourth-order valence-corrected chi connectivity index (χ4v) is 3.76. The third-order valence-corrected chi connectivity index (χ3v) is 4.69. The van der Waals surface area contributed by atoms with E-state index < -0.39 is 0 Å². The van der Waals surface area contributed by atoms with Gasteiger partial charge in [-0.3, -0.25) is 0 Å². The highest BCUT2D eigenvalue weighted by molar-refractivity contribution is 6.47. The van der Waals surface area contributed by atoms with Crippen molar-refractivity contribution >= 4 is 14.9 Å². The van der Waals surface area contributed by atoms with E-state index in [1.54, 1.807) is 0 Å². The summed E-state index contributed by atoms with van der Waals surface area (Å²) in [4.78, 5) is 6.61. The second-order valence-electron chi connectivity index (χ2n) is 7.53. The van der Waals surface area contributed by atoms with Gasteiger partial charge >= 0.3 is 9.76 Å². The van der Waals surface area contributed by atoms with Gasteiger partial charge in [0.2, 0.25) is 0 Å². The zero-order valence-corrected chi connectivity index (χ0v) is 17.9. The Bertz CT molecular complexity index is 656. The quantitative estimate of drug-likeness (QED) is 0.631. The van der Waals surface area contributed by atoms with Crippen LogP contribution >= 0.6 is 0 Å². The Kier molecular flexibility index (Phi) is 7.84.